The van der Waals surface area contributed by atoms with Crippen LogP contribution in [-0.4, -0.2) is 33.2 Å². The lowest BCUT2D eigenvalue weighted by Crippen LogP contribution is -2.15. The summed E-state index contributed by atoms with van der Waals surface area (Å²) in [6, 6.07) is 3.68. The van der Waals surface area contributed by atoms with Gasteiger partial charge in [-0.1, -0.05) is 15.9 Å². The summed E-state index contributed by atoms with van der Waals surface area (Å²) < 4.78 is 16.4. The molecular weight excluding hydrogens is 446 g/mol. The van der Waals surface area contributed by atoms with Gasteiger partial charge in [0.1, 0.15) is 5.00 Å². The lowest BCUT2D eigenvalue weighted by atomic mass is 10.1. The van der Waals surface area contributed by atoms with Crippen molar-refractivity contribution in [3.05, 3.63) is 38.2 Å². The van der Waals surface area contributed by atoms with Crippen molar-refractivity contribution in [2.24, 2.45) is 0 Å². The summed E-state index contributed by atoms with van der Waals surface area (Å²) in [5.41, 5.74) is 2.48. The second-order valence-corrected chi connectivity index (χ2v) is 8.36. The third-order valence-corrected chi connectivity index (χ3v) is 6.68. The van der Waals surface area contributed by atoms with E-state index in [1.54, 1.807) is 14.2 Å². The monoisotopic (exact) mass is 467 g/mol. The number of benzene rings is 1. The van der Waals surface area contributed by atoms with E-state index in [1.807, 2.05) is 12.1 Å². The van der Waals surface area contributed by atoms with E-state index in [0.717, 1.165) is 34.9 Å². The standard InChI is InChI=1S/C20H22BrNO5S/c1-25-14-9-11(13(21)10-15(14)26-2)7-8-17(23)22-19-18(20(24)27-3)12-5-4-6-16(12)28-19/h9-10H,4-8H2,1-3H3,(H,22,23). The Labute approximate surface area is 176 Å². The zero-order valence-electron chi connectivity index (χ0n) is 16.0. The zero-order valence-corrected chi connectivity index (χ0v) is 18.4. The van der Waals surface area contributed by atoms with E-state index in [-0.39, 0.29) is 12.3 Å². The van der Waals surface area contributed by atoms with Crippen LogP contribution >= 0.6 is 27.3 Å². The summed E-state index contributed by atoms with van der Waals surface area (Å²) >= 11 is 4.99. The number of ether oxygens (including phenoxy) is 3. The van der Waals surface area contributed by atoms with Crippen LogP contribution in [0.2, 0.25) is 0 Å². The molecule has 0 fully saturated rings. The smallest absolute Gasteiger partial charge is 0.341 e. The highest BCUT2D eigenvalue weighted by Gasteiger charge is 2.28. The molecular formula is C20H22BrNO5S. The van der Waals surface area contributed by atoms with Crippen molar-refractivity contribution < 1.29 is 23.8 Å². The topological polar surface area (TPSA) is 73.9 Å². The van der Waals surface area contributed by atoms with Crippen molar-refractivity contribution in [1.82, 2.24) is 0 Å². The third-order valence-electron chi connectivity index (χ3n) is 4.74. The lowest BCUT2D eigenvalue weighted by Gasteiger charge is -2.12. The van der Waals surface area contributed by atoms with Crippen LogP contribution < -0.4 is 14.8 Å². The summed E-state index contributed by atoms with van der Waals surface area (Å²) in [7, 11) is 4.52. The van der Waals surface area contributed by atoms with Gasteiger partial charge in [-0.2, -0.15) is 0 Å². The number of rotatable bonds is 7. The molecule has 2 aromatic rings. The Morgan fingerprint density at radius 1 is 1.14 bits per heavy atom. The van der Waals surface area contributed by atoms with E-state index < -0.39 is 5.97 Å². The Kier molecular flexibility index (Phi) is 6.61. The van der Waals surface area contributed by atoms with E-state index in [9.17, 15) is 9.59 Å². The van der Waals surface area contributed by atoms with Gasteiger partial charge in [0.2, 0.25) is 5.91 Å². The highest BCUT2D eigenvalue weighted by Crippen LogP contribution is 2.39. The number of thiophene rings is 1. The van der Waals surface area contributed by atoms with Crippen molar-refractivity contribution in [3.8, 4) is 11.5 Å². The molecule has 0 bridgehead atoms. The molecule has 1 aromatic heterocycles. The predicted molar refractivity (Wildman–Crippen MR) is 112 cm³/mol. The molecule has 0 saturated carbocycles. The minimum absolute atomic E-state index is 0.147. The molecule has 28 heavy (non-hydrogen) atoms. The van der Waals surface area contributed by atoms with Crippen LogP contribution in [0.5, 0.6) is 11.5 Å². The average Bonchev–Trinajstić information content (AvgIpc) is 3.26. The number of hydrogen-bond acceptors (Lipinski definition) is 6. The van der Waals surface area contributed by atoms with Crippen LogP contribution in [0.1, 0.15) is 39.2 Å². The van der Waals surface area contributed by atoms with Gasteiger partial charge in [-0.05, 0) is 48.9 Å². The molecule has 6 nitrogen and oxygen atoms in total. The number of carbonyl (C=O) groups is 2. The Hall–Kier alpha value is -2.06. The van der Waals surface area contributed by atoms with Crippen LogP contribution in [0.15, 0.2) is 16.6 Å². The van der Waals surface area contributed by atoms with Gasteiger partial charge in [0.15, 0.2) is 11.5 Å². The van der Waals surface area contributed by atoms with Crippen molar-refractivity contribution >= 4 is 44.1 Å². The maximum absolute atomic E-state index is 12.5. The van der Waals surface area contributed by atoms with Gasteiger partial charge in [-0.15, -0.1) is 11.3 Å². The zero-order chi connectivity index (χ0) is 20.3. The summed E-state index contributed by atoms with van der Waals surface area (Å²) in [6.07, 6.45) is 3.62. The summed E-state index contributed by atoms with van der Waals surface area (Å²) in [5, 5.41) is 3.49. The second kappa shape index (κ2) is 8.96. The molecule has 0 unspecified atom stereocenters. The lowest BCUT2D eigenvalue weighted by molar-refractivity contribution is -0.116. The largest absolute Gasteiger partial charge is 0.493 e. The van der Waals surface area contributed by atoms with Crippen molar-refractivity contribution in [1.29, 1.82) is 0 Å². The van der Waals surface area contributed by atoms with Gasteiger partial charge < -0.3 is 19.5 Å². The number of methoxy groups -OCH3 is 3. The molecule has 3 rings (SSSR count). The molecule has 1 N–H and O–H groups in total. The molecule has 0 saturated heterocycles. The fourth-order valence-electron chi connectivity index (χ4n) is 3.34. The van der Waals surface area contributed by atoms with Gasteiger partial charge in [-0.25, -0.2) is 4.79 Å². The van der Waals surface area contributed by atoms with Gasteiger partial charge in [-0.3, -0.25) is 4.79 Å². The molecule has 150 valence electrons. The molecule has 0 aliphatic heterocycles. The normalized spacial score (nSPS) is 12.4. The highest BCUT2D eigenvalue weighted by atomic mass is 79.9. The van der Waals surface area contributed by atoms with E-state index >= 15 is 0 Å². The van der Waals surface area contributed by atoms with Gasteiger partial charge in [0.25, 0.3) is 0 Å². The summed E-state index contributed by atoms with van der Waals surface area (Å²) in [6.45, 7) is 0. The number of anilines is 1. The van der Waals surface area contributed by atoms with Crippen LogP contribution in [0.25, 0.3) is 0 Å². The predicted octanol–water partition coefficient (Wildman–Crippen LogP) is 4.37. The van der Waals surface area contributed by atoms with Crippen LogP contribution in [0.3, 0.4) is 0 Å². The number of halogens is 1. The Bertz CT molecular complexity index is 908. The third kappa shape index (κ3) is 4.17. The first kappa shape index (κ1) is 20.7. The molecule has 1 aliphatic carbocycles. The van der Waals surface area contributed by atoms with Gasteiger partial charge in [0, 0.05) is 15.8 Å². The SMILES string of the molecule is COC(=O)c1c(NC(=O)CCc2cc(OC)c(OC)cc2Br)sc2c1CCC2. The number of esters is 1. The maximum atomic E-state index is 12.5. The minimum atomic E-state index is -0.391. The number of aryl methyl sites for hydroxylation is 2. The number of carbonyl (C=O) groups excluding carboxylic acids is 2. The number of nitrogens with one attached hydrogen (secondary N) is 1. The first-order valence-electron chi connectivity index (χ1n) is 8.91. The molecule has 1 amide bonds. The summed E-state index contributed by atoms with van der Waals surface area (Å²) in [4.78, 5) is 25.9. The number of amides is 1. The van der Waals surface area contributed by atoms with E-state index in [0.29, 0.717) is 28.5 Å². The van der Waals surface area contributed by atoms with Crippen LogP contribution in [0.4, 0.5) is 5.00 Å². The molecule has 0 atom stereocenters. The Balaban J connectivity index is 1.71. The second-order valence-electron chi connectivity index (χ2n) is 6.40. The fourth-order valence-corrected chi connectivity index (χ4v) is 5.15. The van der Waals surface area contributed by atoms with Crippen molar-refractivity contribution in [2.75, 3.05) is 26.6 Å². The van der Waals surface area contributed by atoms with Gasteiger partial charge >= 0.3 is 5.97 Å². The Morgan fingerprint density at radius 3 is 2.54 bits per heavy atom. The van der Waals surface area contributed by atoms with Gasteiger partial charge in [0.05, 0.1) is 26.9 Å². The quantitative estimate of drug-likeness (QED) is 0.611. The molecule has 0 spiro atoms. The number of hydrogen-bond donors (Lipinski definition) is 1. The van der Waals surface area contributed by atoms with Crippen LogP contribution in [-0.2, 0) is 28.8 Å². The molecule has 1 aliphatic rings. The maximum Gasteiger partial charge on any atom is 0.341 e. The number of fused-ring (bicyclic) bond motifs is 1. The summed E-state index contributed by atoms with van der Waals surface area (Å²) in [5.74, 6) is 0.700. The van der Waals surface area contributed by atoms with E-state index in [2.05, 4.69) is 21.2 Å². The van der Waals surface area contributed by atoms with Crippen molar-refractivity contribution in [2.45, 2.75) is 32.1 Å². The molecule has 8 heteroatoms. The molecule has 1 heterocycles. The minimum Gasteiger partial charge on any atom is -0.493 e. The van der Waals surface area contributed by atoms with Crippen molar-refractivity contribution in [3.63, 3.8) is 0 Å². The fraction of sp³-hybridized carbons (Fsp3) is 0.400. The van der Waals surface area contributed by atoms with Crippen LogP contribution in [0, 0.1) is 0 Å². The Morgan fingerprint density at radius 2 is 1.86 bits per heavy atom. The average molecular weight is 468 g/mol. The molecule has 1 aromatic carbocycles. The molecule has 0 radical (unpaired) electrons. The highest BCUT2D eigenvalue weighted by molar-refractivity contribution is 9.10. The first-order valence-corrected chi connectivity index (χ1v) is 10.5. The van der Waals surface area contributed by atoms with E-state index in [4.69, 9.17) is 14.2 Å². The first-order chi connectivity index (χ1) is 13.5. The van der Waals surface area contributed by atoms with E-state index in [1.165, 1.54) is 23.3 Å².